The van der Waals surface area contributed by atoms with Crippen molar-refractivity contribution in [2.24, 2.45) is 5.92 Å². The van der Waals surface area contributed by atoms with Crippen LogP contribution in [0.15, 0.2) is 12.1 Å². The van der Waals surface area contributed by atoms with E-state index in [1.54, 1.807) is 12.1 Å². The molecule has 0 aliphatic carbocycles. The van der Waals surface area contributed by atoms with Crippen LogP contribution in [0.3, 0.4) is 0 Å². The van der Waals surface area contributed by atoms with Crippen LogP contribution in [-0.4, -0.2) is 23.9 Å². The standard InChI is InChI=1S/C14H21N3O/c1-9-4-3-5-17(8-9)14(18)11-6-12(15)10(2)13(16)7-11/h6-7,9H,3-5,8,15-16H2,1-2H3/t9-/m1/s1. The number of amides is 1. The first-order valence-corrected chi connectivity index (χ1v) is 6.44. The molecule has 1 aromatic rings. The summed E-state index contributed by atoms with van der Waals surface area (Å²) in [7, 11) is 0. The molecule has 2 rings (SSSR count). The highest BCUT2D eigenvalue weighted by Crippen LogP contribution is 2.23. The van der Waals surface area contributed by atoms with Gasteiger partial charge in [-0.05, 0) is 43.4 Å². The molecule has 1 aromatic carbocycles. The summed E-state index contributed by atoms with van der Waals surface area (Å²) in [5.41, 5.74) is 14.4. The summed E-state index contributed by atoms with van der Waals surface area (Å²) in [5.74, 6) is 0.614. The molecule has 0 bridgehead atoms. The summed E-state index contributed by atoms with van der Waals surface area (Å²) >= 11 is 0. The zero-order valence-corrected chi connectivity index (χ0v) is 11.1. The molecule has 18 heavy (non-hydrogen) atoms. The van der Waals surface area contributed by atoms with E-state index in [-0.39, 0.29) is 5.91 Å². The molecule has 0 radical (unpaired) electrons. The molecule has 4 heteroatoms. The number of nitrogens with zero attached hydrogens (tertiary/aromatic N) is 1. The highest BCUT2D eigenvalue weighted by atomic mass is 16.2. The maximum Gasteiger partial charge on any atom is 0.254 e. The fourth-order valence-corrected chi connectivity index (χ4v) is 2.44. The van der Waals surface area contributed by atoms with Crippen LogP contribution in [0.4, 0.5) is 11.4 Å². The second kappa shape index (κ2) is 4.88. The van der Waals surface area contributed by atoms with Crippen LogP contribution in [-0.2, 0) is 0 Å². The van der Waals surface area contributed by atoms with Gasteiger partial charge in [-0.15, -0.1) is 0 Å². The molecule has 1 amide bonds. The van der Waals surface area contributed by atoms with E-state index in [0.717, 1.165) is 25.1 Å². The minimum Gasteiger partial charge on any atom is -0.398 e. The van der Waals surface area contributed by atoms with Crippen LogP contribution in [0.5, 0.6) is 0 Å². The van der Waals surface area contributed by atoms with Crippen molar-refractivity contribution >= 4 is 17.3 Å². The van der Waals surface area contributed by atoms with Gasteiger partial charge in [0.2, 0.25) is 0 Å². The molecule has 1 fully saturated rings. The van der Waals surface area contributed by atoms with Crippen LogP contribution < -0.4 is 11.5 Å². The van der Waals surface area contributed by atoms with Gasteiger partial charge in [-0.25, -0.2) is 0 Å². The lowest BCUT2D eigenvalue weighted by atomic mass is 9.99. The van der Waals surface area contributed by atoms with Crippen molar-refractivity contribution in [1.82, 2.24) is 4.90 Å². The number of piperidine rings is 1. The van der Waals surface area contributed by atoms with Crippen LogP contribution >= 0.6 is 0 Å². The predicted molar refractivity (Wildman–Crippen MR) is 74.3 cm³/mol. The number of anilines is 2. The summed E-state index contributed by atoms with van der Waals surface area (Å²) in [5, 5.41) is 0. The number of carbonyl (C=O) groups excluding carboxylic acids is 1. The number of benzene rings is 1. The van der Waals surface area contributed by atoms with Gasteiger partial charge in [0.05, 0.1) is 0 Å². The van der Waals surface area contributed by atoms with Gasteiger partial charge in [-0.3, -0.25) is 4.79 Å². The second-order valence-electron chi connectivity index (χ2n) is 5.28. The molecule has 1 heterocycles. The molecule has 1 saturated heterocycles. The van der Waals surface area contributed by atoms with Crippen molar-refractivity contribution in [3.8, 4) is 0 Å². The molecule has 0 aromatic heterocycles. The topological polar surface area (TPSA) is 72.4 Å². The number of nitrogen functional groups attached to an aromatic ring is 2. The largest absolute Gasteiger partial charge is 0.398 e. The second-order valence-corrected chi connectivity index (χ2v) is 5.28. The Morgan fingerprint density at radius 3 is 2.50 bits per heavy atom. The van der Waals surface area contributed by atoms with Crippen molar-refractivity contribution in [2.45, 2.75) is 26.7 Å². The highest BCUT2D eigenvalue weighted by molar-refractivity contribution is 5.96. The molecule has 1 atom stereocenters. The lowest BCUT2D eigenvalue weighted by molar-refractivity contribution is 0.0683. The number of carbonyl (C=O) groups is 1. The van der Waals surface area contributed by atoms with Crippen LogP contribution in [0.25, 0.3) is 0 Å². The summed E-state index contributed by atoms with van der Waals surface area (Å²) in [6, 6.07) is 3.46. The quantitative estimate of drug-likeness (QED) is 0.746. The Bertz CT molecular complexity index is 447. The van der Waals surface area contributed by atoms with Gasteiger partial charge in [-0.2, -0.15) is 0 Å². The molecule has 98 valence electrons. The zero-order chi connectivity index (χ0) is 13.3. The average molecular weight is 247 g/mol. The van der Waals surface area contributed by atoms with Gasteiger partial charge in [0.25, 0.3) is 5.91 Å². The Morgan fingerprint density at radius 1 is 1.33 bits per heavy atom. The van der Waals surface area contributed by atoms with Crippen LogP contribution in [0, 0.1) is 12.8 Å². The van der Waals surface area contributed by atoms with Gasteiger partial charge < -0.3 is 16.4 Å². The molecule has 4 nitrogen and oxygen atoms in total. The van der Waals surface area contributed by atoms with Crippen LogP contribution in [0.1, 0.15) is 35.7 Å². The van der Waals surface area contributed by atoms with E-state index in [0.29, 0.717) is 22.9 Å². The van der Waals surface area contributed by atoms with Crippen molar-refractivity contribution < 1.29 is 4.79 Å². The van der Waals surface area contributed by atoms with Gasteiger partial charge in [0, 0.05) is 30.0 Å². The maximum atomic E-state index is 12.4. The van der Waals surface area contributed by atoms with E-state index < -0.39 is 0 Å². The van der Waals surface area contributed by atoms with Crippen molar-refractivity contribution in [1.29, 1.82) is 0 Å². The summed E-state index contributed by atoms with van der Waals surface area (Å²) in [6.45, 7) is 5.70. The predicted octanol–water partition coefficient (Wildman–Crippen LogP) is 2.03. The van der Waals surface area contributed by atoms with Gasteiger partial charge in [0.1, 0.15) is 0 Å². The van der Waals surface area contributed by atoms with Gasteiger partial charge in [-0.1, -0.05) is 6.92 Å². The SMILES string of the molecule is Cc1c(N)cc(C(=O)N2CCC[C@@H](C)C2)cc1N. The number of nitrogens with two attached hydrogens (primary N) is 2. The Labute approximate surface area is 108 Å². The third-order valence-corrected chi connectivity index (χ3v) is 3.68. The first kappa shape index (κ1) is 12.7. The fraction of sp³-hybridized carbons (Fsp3) is 0.500. The Hall–Kier alpha value is -1.71. The summed E-state index contributed by atoms with van der Waals surface area (Å²) in [6.07, 6.45) is 2.27. The monoisotopic (exact) mass is 247 g/mol. The molecule has 4 N–H and O–H groups in total. The number of hydrogen-bond donors (Lipinski definition) is 2. The van der Waals surface area contributed by atoms with Crippen molar-refractivity contribution in [3.05, 3.63) is 23.3 Å². The van der Waals surface area contributed by atoms with Crippen molar-refractivity contribution in [2.75, 3.05) is 24.6 Å². The first-order valence-electron chi connectivity index (χ1n) is 6.44. The average Bonchev–Trinajstić information content (AvgIpc) is 2.34. The van der Waals surface area contributed by atoms with Gasteiger partial charge >= 0.3 is 0 Å². The first-order chi connectivity index (χ1) is 8.49. The Kier molecular flexibility index (Phi) is 3.45. The third-order valence-electron chi connectivity index (χ3n) is 3.68. The normalized spacial score (nSPS) is 19.9. The molecule has 1 aliphatic heterocycles. The molecule has 0 saturated carbocycles. The lowest BCUT2D eigenvalue weighted by Crippen LogP contribution is -2.39. The fourth-order valence-electron chi connectivity index (χ4n) is 2.44. The van der Waals surface area contributed by atoms with E-state index in [2.05, 4.69) is 6.92 Å². The molecular weight excluding hydrogens is 226 g/mol. The number of hydrogen-bond acceptors (Lipinski definition) is 3. The molecule has 1 aliphatic rings. The van der Waals surface area contributed by atoms with E-state index in [9.17, 15) is 4.79 Å². The van der Waals surface area contributed by atoms with Crippen LogP contribution in [0.2, 0.25) is 0 Å². The van der Waals surface area contributed by atoms with E-state index >= 15 is 0 Å². The minimum atomic E-state index is 0.0416. The smallest absolute Gasteiger partial charge is 0.254 e. The molecular formula is C14H21N3O. The Balaban J connectivity index is 2.23. The summed E-state index contributed by atoms with van der Waals surface area (Å²) < 4.78 is 0. The maximum absolute atomic E-state index is 12.4. The lowest BCUT2D eigenvalue weighted by Gasteiger charge is -2.31. The Morgan fingerprint density at radius 2 is 1.94 bits per heavy atom. The number of likely N-dealkylation sites (tertiary alicyclic amines) is 1. The molecule has 0 spiro atoms. The van der Waals surface area contributed by atoms with Crippen molar-refractivity contribution in [3.63, 3.8) is 0 Å². The summed E-state index contributed by atoms with van der Waals surface area (Å²) in [4.78, 5) is 14.3. The van der Waals surface area contributed by atoms with E-state index in [1.807, 2.05) is 11.8 Å². The van der Waals surface area contributed by atoms with Gasteiger partial charge in [0.15, 0.2) is 0 Å². The van der Waals surface area contributed by atoms with E-state index in [4.69, 9.17) is 11.5 Å². The van der Waals surface area contributed by atoms with E-state index in [1.165, 1.54) is 6.42 Å². The third kappa shape index (κ3) is 2.42. The zero-order valence-electron chi connectivity index (χ0n) is 11.1. The highest BCUT2D eigenvalue weighted by Gasteiger charge is 2.22. The number of rotatable bonds is 1. The minimum absolute atomic E-state index is 0.0416. The molecule has 0 unspecified atom stereocenters.